The van der Waals surface area contributed by atoms with Gasteiger partial charge in [0.25, 0.3) is 0 Å². The van der Waals surface area contributed by atoms with E-state index in [1.165, 1.54) is 0 Å². The first-order valence-corrected chi connectivity index (χ1v) is 6.58. The Bertz CT molecular complexity index is 531. The molecular formula is C12H20N6O2. The van der Waals surface area contributed by atoms with Crippen molar-refractivity contribution in [3.63, 3.8) is 0 Å². The minimum atomic E-state index is -0.460. The number of nitrogens with one attached hydrogen (secondary N) is 2. The molecule has 0 amide bonds. The Labute approximate surface area is 117 Å². The van der Waals surface area contributed by atoms with Crippen molar-refractivity contribution in [3.8, 4) is 0 Å². The van der Waals surface area contributed by atoms with Crippen LogP contribution >= 0.6 is 0 Å². The van der Waals surface area contributed by atoms with Gasteiger partial charge in [0.2, 0.25) is 11.8 Å². The summed E-state index contributed by atoms with van der Waals surface area (Å²) in [4.78, 5) is 18.7. The highest BCUT2D eigenvalue weighted by Crippen LogP contribution is 2.39. The highest BCUT2D eigenvalue weighted by atomic mass is 16.6. The maximum absolute atomic E-state index is 11.2. The number of nitrogens with two attached hydrogens (primary N) is 1. The fraction of sp³-hybridized carbons (Fsp3) is 0.667. The molecule has 20 heavy (non-hydrogen) atoms. The van der Waals surface area contributed by atoms with E-state index in [2.05, 4.69) is 34.6 Å². The Morgan fingerprint density at radius 1 is 1.45 bits per heavy atom. The van der Waals surface area contributed by atoms with Crippen LogP contribution < -0.4 is 16.6 Å². The van der Waals surface area contributed by atoms with Crippen LogP contribution in [0.25, 0.3) is 0 Å². The van der Waals surface area contributed by atoms with Gasteiger partial charge in [0.05, 0.1) is 4.92 Å². The van der Waals surface area contributed by atoms with Gasteiger partial charge in [-0.3, -0.25) is 15.5 Å². The van der Waals surface area contributed by atoms with Gasteiger partial charge in [-0.2, -0.15) is 4.98 Å². The summed E-state index contributed by atoms with van der Waals surface area (Å²) in [6, 6.07) is 0.184. The normalized spacial score (nSPS) is 20.7. The van der Waals surface area contributed by atoms with Gasteiger partial charge in [-0.1, -0.05) is 13.8 Å². The Balaban J connectivity index is 2.30. The molecule has 1 heterocycles. The number of rotatable bonds is 4. The molecule has 1 saturated carbocycles. The first kappa shape index (κ1) is 14.4. The Hall–Kier alpha value is -1.96. The second-order valence-corrected chi connectivity index (χ2v) is 5.98. The van der Waals surface area contributed by atoms with Crippen LogP contribution in [0, 0.1) is 22.5 Å². The summed E-state index contributed by atoms with van der Waals surface area (Å²) < 4.78 is 0. The summed E-state index contributed by atoms with van der Waals surface area (Å²) in [6.07, 6.45) is 3.02. The van der Waals surface area contributed by atoms with E-state index in [-0.39, 0.29) is 34.6 Å². The van der Waals surface area contributed by atoms with Crippen molar-refractivity contribution >= 4 is 17.5 Å². The molecule has 2 rings (SSSR count). The van der Waals surface area contributed by atoms with E-state index in [0.29, 0.717) is 0 Å². The standard InChI is InChI=1S/C12H20N6O2/c1-7-9(18(19)20)10(16-11(14-7)17-13)15-8-4-5-12(2,3)6-8/h8H,4-6,13H2,1-3H3,(H2,14,15,16,17). The van der Waals surface area contributed by atoms with Gasteiger partial charge < -0.3 is 5.32 Å². The quantitative estimate of drug-likeness (QED) is 0.438. The van der Waals surface area contributed by atoms with Crippen LogP contribution in [0.2, 0.25) is 0 Å². The van der Waals surface area contributed by atoms with Gasteiger partial charge in [-0.25, -0.2) is 10.8 Å². The number of hydrogen-bond acceptors (Lipinski definition) is 7. The summed E-state index contributed by atoms with van der Waals surface area (Å²) in [5.74, 6) is 5.70. The second kappa shape index (κ2) is 5.20. The maximum atomic E-state index is 11.2. The fourth-order valence-corrected chi connectivity index (χ4v) is 2.70. The van der Waals surface area contributed by atoms with Crippen molar-refractivity contribution in [3.05, 3.63) is 15.8 Å². The number of nitrogens with zero attached hydrogens (tertiary/aromatic N) is 3. The summed E-state index contributed by atoms with van der Waals surface area (Å²) >= 11 is 0. The van der Waals surface area contributed by atoms with Gasteiger partial charge in [-0.05, 0) is 31.6 Å². The van der Waals surface area contributed by atoms with Crippen LogP contribution in [0.5, 0.6) is 0 Å². The molecule has 1 aliphatic rings. The average Bonchev–Trinajstić information content (AvgIpc) is 2.67. The average molecular weight is 280 g/mol. The molecule has 0 radical (unpaired) electrons. The minimum absolute atomic E-state index is 0.0892. The number of hydrazine groups is 1. The van der Waals surface area contributed by atoms with Crippen molar-refractivity contribution in [2.75, 3.05) is 10.7 Å². The van der Waals surface area contributed by atoms with Crippen LogP contribution in [0.4, 0.5) is 17.5 Å². The van der Waals surface area contributed by atoms with Crippen LogP contribution in [0.15, 0.2) is 0 Å². The molecule has 1 unspecified atom stereocenters. The molecule has 0 aromatic carbocycles. The SMILES string of the molecule is Cc1nc(NN)nc(NC2CCC(C)(C)C2)c1[N+](=O)[O-]. The second-order valence-electron chi connectivity index (χ2n) is 5.98. The first-order valence-electron chi connectivity index (χ1n) is 6.58. The predicted molar refractivity (Wildman–Crippen MR) is 76.3 cm³/mol. The molecule has 0 bridgehead atoms. The Morgan fingerprint density at radius 2 is 2.15 bits per heavy atom. The van der Waals surface area contributed by atoms with E-state index in [9.17, 15) is 10.1 Å². The van der Waals surface area contributed by atoms with Crippen LogP contribution in [-0.4, -0.2) is 20.9 Å². The molecule has 1 atom stereocenters. The Kier molecular flexibility index (Phi) is 3.76. The lowest BCUT2D eigenvalue weighted by molar-refractivity contribution is -0.385. The molecule has 1 aliphatic carbocycles. The van der Waals surface area contributed by atoms with Crippen molar-refractivity contribution in [1.29, 1.82) is 0 Å². The number of nitrogen functional groups attached to an aromatic ring is 1. The topological polar surface area (TPSA) is 119 Å². The van der Waals surface area contributed by atoms with Crippen molar-refractivity contribution in [2.24, 2.45) is 11.3 Å². The van der Waals surface area contributed by atoms with E-state index in [1.54, 1.807) is 6.92 Å². The maximum Gasteiger partial charge on any atom is 0.332 e. The summed E-state index contributed by atoms with van der Waals surface area (Å²) in [5.41, 5.74) is 2.78. The van der Waals surface area contributed by atoms with E-state index >= 15 is 0 Å². The molecule has 1 fully saturated rings. The molecule has 110 valence electrons. The molecule has 1 aromatic rings. The molecule has 0 aliphatic heterocycles. The van der Waals surface area contributed by atoms with Crippen LogP contribution in [-0.2, 0) is 0 Å². The van der Waals surface area contributed by atoms with Crippen molar-refractivity contribution < 1.29 is 4.92 Å². The monoisotopic (exact) mass is 280 g/mol. The summed E-state index contributed by atoms with van der Waals surface area (Å²) in [6.45, 7) is 5.97. The van der Waals surface area contributed by atoms with Gasteiger partial charge in [0.1, 0.15) is 5.69 Å². The van der Waals surface area contributed by atoms with E-state index < -0.39 is 4.92 Å². The van der Waals surface area contributed by atoms with E-state index in [1.807, 2.05) is 0 Å². The van der Waals surface area contributed by atoms with Crippen LogP contribution in [0.1, 0.15) is 38.8 Å². The third-order valence-corrected chi connectivity index (χ3v) is 3.68. The third kappa shape index (κ3) is 2.96. The number of aromatic nitrogens is 2. The smallest absolute Gasteiger partial charge is 0.332 e. The zero-order valence-corrected chi connectivity index (χ0v) is 11.9. The van der Waals surface area contributed by atoms with Crippen LogP contribution in [0.3, 0.4) is 0 Å². The molecule has 4 N–H and O–H groups in total. The highest BCUT2D eigenvalue weighted by molar-refractivity contribution is 5.61. The van der Waals surface area contributed by atoms with Gasteiger partial charge in [0, 0.05) is 6.04 Å². The summed E-state index contributed by atoms with van der Waals surface area (Å²) in [7, 11) is 0. The lowest BCUT2D eigenvalue weighted by Gasteiger charge is -2.18. The largest absolute Gasteiger partial charge is 0.361 e. The zero-order valence-electron chi connectivity index (χ0n) is 11.9. The Morgan fingerprint density at radius 3 is 2.65 bits per heavy atom. The number of anilines is 2. The lowest BCUT2D eigenvalue weighted by Crippen LogP contribution is -2.21. The molecule has 0 saturated heterocycles. The number of aryl methyl sites for hydroxylation is 1. The molecule has 0 spiro atoms. The lowest BCUT2D eigenvalue weighted by atomic mass is 9.92. The predicted octanol–water partition coefficient (Wildman–Crippen LogP) is 1.97. The third-order valence-electron chi connectivity index (χ3n) is 3.68. The zero-order chi connectivity index (χ0) is 14.9. The fourth-order valence-electron chi connectivity index (χ4n) is 2.70. The van der Waals surface area contributed by atoms with Gasteiger partial charge >= 0.3 is 5.69 Å². The minimum Gasteiger partial charge on any atom is -0.361 e. The van der Waals surface area contributed by atoms with E-state index in [0.717, 1.165) is 19.3 Å². The highest BCUT2D eigenvalue weighted by Gasteiger charge is 2.33. The van der Waals surface area contributed by atoms with Crippen molar-refractivity contribution in [2.45, 2.75) is 46.1 Å². The molecule has 8 heteroatoms. The first-order chi connectivity index (χ1) is 9.32. The van der Waals surface area contributed by atoms with Gasteiger partial charge in [-0.15, -0.1) is 0 Å². The molecular weight excluding hydrogens is 260 g/mol. The molecule has 8 nitrogen and oxygen atoms in total. The van der Waals surface area contributed by atoms with Crippen molar-refractivity contribution in [1.82, 2.24) is 9.97 Å². The molecule has 1 aromatic heterocycles. The van der Waals surface area contributed by atoms with Gasteiger partial charge in [0.15, 0.2) is 0 Å². The number of nitro groups is 1. The summed E-state index contributed by atoms with van der Waals surface area (Å²) in [5, 5.41) is 14.4. The van der Waals surface area contributed by atoms with E-state index in [4.69, 9.17) is 5.84 Å². The number of hydrogen-bond donors (Lipinski definition) is 3.